The standard InChI is InChI=1S/C6H7F5/c7-5(8)3-1-2-4-6(9,10)11/h3H,1-2,4H2. The van der Waals surface area contributed by atoms with E-state index in [9.17, 15) is 22.0 Å². The lowest BCUT2D eigenvalue weighted by atomic mass is 10.2. The van der Waals surface area contributed by atoms with Crippen molar-refractivity contribution in [2.75, 3.05) is 0 Å². The number of hydrogen-bond donors (Lipinski definition) is 0. The highest BCUT2D eigenvalue weighted by molar-refractivity contribution is 4.79. The van der Waals surface area contributed by atoms with Crippen LogP contribution < -0.4 is 0 Å². The first-order chi connectivity index (χ1) is 4.92. The minimum Gasteiger partial charge on any atom is -0.174 e. The fourth-order valence-electron chi connectivity index (χ4n) is 0.514. The molecule has 0 aliphatic heterocycles. The van der Waals surface area contributed by atoms with Crippen molar-refractivity contribution in [3.05, 3.63) is 12.2 Å². The van der Waals surface area contributed by atoms with E-state index >= 15 is 0 Å². The molecule has 0 nitrogen and oxygen atoms in total. The number of halogens is 5. The molecule has 0 aromatic rings. The molecular formula is C6H7F5. The van der Waals surface area contributed by atoms with Crippen molar-refractivity contribution < 1.29 is 22.0 Å². The Morgan fingerprint density at radius 2 is 1.73 bits per heavy atom. The van der Waals surface area contributed by atoms with Crippen LogP contribution in [0.4, 0.5) is 22.0 Å². The lowest BCUT2D eigenvalue weighted by Crippen LogP contribution is -2.05. The fraction of sp³-hybridized carbons (Fsp3) is 0.667. The number of allylic oxidation sites excluding steroid dienone is 1. The number of hydrogen-bond acceptors (Lipinski definition) is 0. The maximum atomic E-state index is 11.4. The smallest absolute Gasteiger partial charge is 0.174 e. The van der Waals surface area contributed by atoms with Gasteiger partial charge in [0, 0.05) is 6.42 Å². The van der Waals surface area contributed by atoms with E-state index in [0.717, 1.165) is 0 Å². The van der Waals surface area contributed by atoms with Gasteiger partial charge in [0.1, 0.15) is 0 Å². The average molecular weight is 174 g/mol. The molecule has 0 radical (unpaired) electrons. The van der Waals surface area contributed by atoms with Crippen molar-refractivity contribution in [3.63, 3.8) is 0 Å². The van der Waals surface area contributed by atoms with Crippen LogP contribution in [0.15, 0.2) is 12.2 Å². The first-order valence-corrected chi connectivity index (χ1v) is 3.00. The third-order valence-corrected chi connectivity index (χ3v) is 0.963. The summed E-state index contributed by atoms with van der Waals surface area (Å²) in [6, 6.07) is 0. The molecule has 0 saturated carbocycles. The molecule has 0 aliphatic rings. The highest BCUT2D eigenvalue weighted by atomic mass is 19.4. The lowest BCUT2D eigenvalue weighted by Gasteiger charge is -2.02. The molecular weight excluding hydrogens is 167 g/mol. The summed E-state index contributed by atoms with van der Waals surface area (Å²) in [5, 5.41) is 0. The van der Waals surface area contributed by atoms with Crippen molar-refractivity contribution in [2.45, 2.75) is 25.4 Å². The van der Waals surface area contributed by atoms with E-state index in [1.807, 2.05) is 0 Å². The molecule has 0 aliphatic carbocycles. The third-order valence-electron chi connectivity index (χ3n) is 0.963. The highest BCUT2D eigenvalue weighted by Gasteiger charge is 2.25. The van der Waals surface area contributed by atoms with Gasteiger partial charge in [0.2, 0.25) is 0 Å². The van der Waals surface area contributed by atoms with Gasteiger partial charge in [-0.05, 0) is 18.9 Å². The molecule has 0 unspecified atom stereocenters. The topological polar surface area (TPSA) is 0 Å². The fourth-order valence-corrected chi connectivity index (χ4v) is 0.514. The molecule has 0 rings (SSSR count). The first kappa shape index (κ1) is 10.4. The maximum Gasteiger partial charge on any atom is 0.389 e. The first-order valence-electron chi connectivity index (χ1n) is 3.00. The molecule has 0 N–H and O–H groups in total. The Kier molecular flexibility index (Phi) is 4.07. The molecule has 0 aromatic carbocycles. The molecule has 0 atom stereocenters. The van der Waals surface area contributed by atoms with Crippen LogP contribution in [0.5, 0.6) is 0 Å². The zero-order valence-electron chi connectivity index (χ0n) is 5.59. The van der Waals surface area contributed by atoms with Crippen LogP contribution in [0.1, 0.15) is 19.3 Å². The van der Waals surface area contributed by atoms with Gasteiger partial charge in [-0.3, -0.25) is 0 Å². The molecule has 5 heteroatoms. The van der Waals surface area contributed by atoms with Gasteiger partial charge in [0.05, 0.1) is 0 Å². The van der Waals surface area contributed by atoms with Crippen LogP contribution in [0, 0.1) is 0 Å². The molecule has 0 saturated heterocycles. The minimum absolute atomic E-state index is 0.220. The van der Waals surface area contributed by atoms with Crippen LogP contribution in [-0.4, -0.2) is 6.18 Å². The van der Waals surface area contributed by atoms with Gasteiger partial charge in [-0.15, -0.1) is 0 Å². The summed E-state index contributed by atoms with van der Waals surface area (Å²) in [7, 11) is 0. The van der Waals surface area contributed by atoms with Crippen LogP contribution in [0.2, 0.25) is 0 Å². The summed E-state index contributed by atoms with van der Waals surface area (Å²) in [6.45, 7) is 0. The van der Waals surface area contributed by atoms with E-state index in [1.54, 1.807) is 0 Å². The monoisotopic (exact) mass is 174 g/mol. The largest absolute Gasteiger partial charge is 0.389 e. The van der Waals surface area contributed by atoms with E-state index in [0.29, 0.717) is 6.08 Å². The summed E-state index contributed by atoms with van der Waals surface area (Å²) < 4.78 is 56.6. The Hall–Kier alpha value is -0.610. The van der Waals surface area contributed by atoms with Crippen LogP contribution in [-0.2, 0) is 0 Å². The van der Waals surface area contributed by atoms with Crippen LogP contribution in [0.25, 0.3) is 0 Å². The predicted molar refractivity (Wildman–Crippen MR) is 30.2 cm³/mol. The zero-order chi connectivity index (χ0) is 8.91. The number of alkyl halides is 3. The molecule has 0 spiro atoms. The lowest BCUT2D eigenvalue weighted by molar-refractivity contribution is -0.135. The van der Waals surface area contributed by atoms with E-state index in [4.69, 9.17) is 0 Å². The van der Waals surface area contributed by atoms with Crippen LogP contribution in [0.3, 0.4) is 0 Å². The summed E-state index contributed by atoms with van der Waals surface area (Å²) in [5.74, 6) is 0. The van der Waals surface area contributed by atoms with Gasteiger partial charge in [-0.2, -0.15) is 22.0 Å². The molecule has 11 heavy (non-hydrogen) atoms. The molecule has 0 heterocycles. The second kappa shape index (κ2) is 4.31. The van der Waals surface area contributed by atoms with Gasteiger partial charge >= 0.3 is 6.18 Å². The van der Waals surface area contributed by atoms with Crippen molar-refractivity contribution in [2.24, 2.45) is 0 Å². The highest BCUT2D eigenvalue weighted by Crippen LogP contribution is 2.22. The second-order valence-electron chi connectivity index (χ2n) is 2.00. The third kappa shape index (κ3) is 9.39. The Bertz CT molecular complexity index is 130. The van der Waals surface area contributed by atoms with E-state index in [1.165, 1.54) is 0 Å². The molecule has 0 aromatic heterocycles. The van der Waals surface area contributed by atoms with Crippen molar-refractivity contribution in [3.8, 4) is 0 Å². The quantitative estimate of drug-likeness (QED) is 0.453. The molecule has 0 amide bonds. The van der Waals surface area contributed by atoms with Gasteiger partial charge in [-0.25, -0.2) is 0 Å². The summed E-state index contributed by atoms with van der Waals surface area (Å²) in [5.41, 5.74) is 0. The normalized spacial score (nSPS) is 11.4. The van der Waals surface area contributed by atoms with Crippen molar-refractivity contribution >= 4 is 0 Å². The average Bonchev–Trinajstić information content (AvgIpc) is 1.78. The molecule has 66 valence electrons. The van der Waals surface area contributed by atoms with Gasteiger partial charge in [-0.1, -0.05) is 0 Å². The summed E-state index contributed by atoms with van der Waals surface area (Å²) in [6.07, 6.45) is -7.17. The Morgan fingerprint density at radius 1 is 1.18 bits per heavy atom. The van der Waals surface area contributed by atoms with Crippen molar-refractivity contribution in [1.29, 1.82) is 0 Å². The zero-order valence-corrected chi connectivity index (χ0v) is 5.59. The Morgan fingerprint density at radius 3 is 2.09 bits per heavy atom. The van der Waals surface area contributed by atoms with Crippen LogP contribution >= 0.6 is 0 Å². The second-order valence-corrected chi connectivity index (χ2v) is 2.00. The van der Waals surface area contributed by atoms with Gasteiger partial charge < -0.3 is 0 Å². The SMILES string of the molecule is FC(F)=CCCCC(F)(F)F. The molecule has 0 bridgehead atoms. The maximum absolute atomic E-state index is 11.4. The predicted octanol–water partition coefficient (Wildman–Crippen LogP) is 3.50. The van der Waals surface area contributed by atoms with Crippen molar-refractivity contribution in [1.82, 2.24) is 0 Å². The number of rotatable bonds is 3. The van der Waals surface area contributed by atoms with E-state index in [-0.39, 0.29) is 12.8 Å². The number of unbranched alkanes of at least 4 members (excludes halogenated alkanes) is 1. The van der Waals surface area contributed by atoms with Gasteiger partial charge in [0.15, 0.2) is 0 Å². The molecule has 0 fully saturated rings. The van der Waals surface area contributed by atoms with E-state index < -0.39 is 18.7 Å². The Labute approximate surface area is 60.7 Å². The summed E-state index contributed by atoms with van der Waals surface area (Å²) in [4.78, 5) is 0. The Balaban J connectivity index is 3.36. The minimum atomic E-state index is -4.24. The van der Waals surface area contributed by atoms with E-state index in [2.05, 4.69) is 0 Å². The summed E-state index contributed by atoms with van der Waals surface area (Å²) >= 11 is 0. The van der Waals surface area contributed by atoms with Gasteiger partial charge in [0.25, 0.3) is 6.08 Å².